The van der Waals surface area contributed by atoms with Gasteiger partial charge in [0.15, 0.2) is 0 Å². The second-order valence-electron chi connectivity index (χ2n) is 6.01. The van der Waals surface area contributed by atoms with Crippen molar-refractivity contribution in [3.8, 4) is 0 Å². The normalized spacial score (nSPS) is 11.8. The van der Waals surface area contributed by atoms with Crippen molar-refractivity contribution < 1.29 is 0 Å². The summed E-state index contributed by atoms with van der Waals surface area (Å²) in [4.78, 5) is 12.3. The zero-order chi connectivity index (χ0) is 14.5. The van der Waals surface area contributed by atoms with E-state index in [9.17, 15) is 4.79 Å². The van der Waals surface area contributed by atoms with E-state index in [1.165, 1.54) is 0 Å². The fourth-order valence-corrected chi connectivity index (χ4v) is 1.85. The van der Waals surface area contributed by atoms with E-state index in [4.69, 9.17) is 0 Å². The van der Waals surface area contributed by atoms with Gasteiger partial charge in [0.05, 0.1) is 5.69 Å². The Bertz CT molecular complexity index is 457. The molecule has 4 nitrogen and oxygen atoms in total. The Labute approximate surface area is 116 Å². The highest BCUT2D eigenvalue weighted by Gasteiger charge is 2.19. The summed E-state index contributed by atoms with van der Waals surface area (Å²) >= 11 is 0. The molecule has 1 aromatic heterocycles. The van der Waals surface area contributed by atoms with Crippen LogP contribution in [0.3, 0.4) is 0 Å². The lowest BCUT2D eigenvalue weighted by molar-refractivity contribution is 0.489. The van der Waals surface area contributed by atoms with Crippen LogP contribution in [0.4, 0.5) is 0 Å². The molecule has 0 bridgehead atoms. The van der Waals surface area contributed by atoms with E-state index in [1.54, 1.807) is 4.68 Å². The molecule has 0 radical (unpaired) electrons. The van der Waals surface area contributed by atoms with Crippen LogP contribution >= 0.6 is 0 Å². The Hall–Kier alpha value is -1.16. The predicted octanol–water partition coefficient (Wildman–Crippen LogP) is 2.45. The van der Waals surface area contributed by atoms with E-state index >= 15 is 0 Å². The van der Waals surface area contributed by atoms with Gasteiger partial charge in [-0.1, -0.05) is 34.6 Å². The zero-order valence-corrected chi connectivity index (χ0v) is 12.9. The molecule has 0 aliphatic carbocycles. The number of nitrogens with zero attached hydrogens (tertiary/aromatic N) is 2. The molecule has 0 aliphatic heterocycles. The number of rotatable bonds is 6. The maximum Gasteiger partial charge on any atom is 0.271 e. The van der Waals surface area contributed by atoms with Crippen molar-refractivity contribution in [2.75, 3.05) is 6.54 Å². The number of hydrogen-bond donors (Lipinski definition) is 1. The Morgan fingerprint density at radius 2 is 1.95 bits per heavy atom. The lowest BCUT2D eigenvalue weighted by atomic mass is 9.91. The number of nitrogens with one attached hydrogen (secondary N) is 1. The van der Waals surface area contributed by atoms with Gasteiger partial charge in [0.2, 0.25) is 0 Å². The fraction of sp³-hybridized carbons (Fsp3) is 0.733. The van der Waals surface area contributed by atoms with Crippen molar-refractivity contribution in [3.63, 3.8) is 0 Å². The monoisotopic (exact) mass is 265 g/mol. The van der Waals surface area contributed by atoms with Crippen molar-refractivity contribution in [1.82, 2.24) is 15.1 Å². The smallest absolute Gasteiger partial charge is 0.271 e. The summed E-state index contributed by atoms with van der Waals surface area (Å²) in [6, 6.07) is 1.96. The van der Waals surface area contributed by atoms with Gasteiger partial charge in [-0.3, -0.25) is 4.79 Å². The number of aromatic nitrogens is 2. The third-order valence-corrected chi connectivity index (χ3v) is 2.99. The molecular formula is C15H27N3O. The molecule has 0 amide bonds. The van der Waals surface area contributed by atoms with Crippen LogP contribution in [-0.4, -0.2) is 16.3 Å². The van der Waals surface area contributed by atoms with Crippen molar-refractivity contribution >= 4 is 0 Å². The fourth-order valence-electron chi connectivity index (χ4n) is 1.85. The van der Waals surface area contributed by atoms with E-state index in [0.717, 1.165) is 30.6 Å². The molecule has 0 atom stereocenters. The molecule has 4 heteroatoms. The first-order chi connectivity index (χ1) is 8.90. The summed E-state index contributed by atoms with van der Waals surface area (Å²) in [5.74, 6) is 0. The molecule has 108 valence electrons. The van der Waals surface area contributed by atoms with Crippen molar-refractivity contribution in [1.29, 1.82) is 0 Å². The Morgan fingerprint density at radius 3 is 2.47 bits per heavy atom. The quantitative estimate of drug-likeness (QED) is 0.804. The molecule has 1 N–H and O–H groups in total. The summed E-state index contributed by atoms with van der Waals surface area (Å²) in [6.07, 6.45) is 1.99. The van der Waals surface area contributed by atoms with Crippen LogP contribution in [0.25, 0.3) is 0 Å². The van der Waals surface area contributed by atoms with E-state index in [0.29, 0.717) is 13.1 Å². The van der Waals surface area contributed by atoms with E-state index in [2.05, 4.69) is 45.0 Å². The third kappa shape index (κ3) is 4.46. The standard InChI is InChI=1S/C15H27N3O/c1-6-8-16-11-12-10-13(15(3,4)5)17-18(9-7-2)14(12)19/h10,16H,6-9,11H2,1-5H3. The molecule has 0 fully saturated rings. The highest BCUT2D eigenvalue weighted by atomic mass is 16.1. The van der Waals surface area contributed by atoms with Crippen LogP contribution in [0.2, 0.25) is 0 Å². The molecule has 1 heterocycles. The van der Waals surface area contributed by atoms with Gasteiger partial charge in [0, 0.05) is 24.1 Å². The van der Waals surface area contributed by atoms with Gasteiger partial charge in [0.1, 0.15) is 0 Å². The van der Waals surface area contributed by atoms with E-state index < -0.39 is 0 Å². The highest BCUT2D eigenvalue weighted by molar-refractivity contribution is 5.19. The van der Waals surface area contributed by atoms with Crippen LogP contribution in [0.1, 0.15) is 58.7 Å². The van der Waals surface area contributed by atoms with Crippen LogP contribution in [0.5, 0.6) is 0 Å². The van der Waals surface area contributed by atoms with Gasteiger partial charge in [-0.15, -0.1) is 0 Å². The van der Waals surface area contributed by atoms with Gasteiger partial charge in [0.25, 0.3) is 5.56 Å². The molecule has 1 rings (SSSR count). The Morgan fingerprint density at radius 1 is 1.26 bits per heavy atom. The summed E-state index contributed by atoms with van der Waals surface area (Å²) in [6.45, 7) is 12.8. The lowest BCUT2D eigenvalue weighted by Gasteiger charge is -2.20. The van der Waals surface area contributed by atoms with Crippen molar-refractivity contribution in [2.24, 2.45) is 0 Å². The van der Waals surface area contributed by atoms with Crippen molar-refractivity contribution in [3.05, 3.63) is 27.7 Å². The van der Waals surface area contributed by atoms with Gasteiger partial charge in [-0.05, 0) is 25.5 Å². The maximum absolute atomic E-state index is 12.3. The summed E-state index contributed by atoms with van der Waals surface area (Å²) in [5.41, 5.74) is 1.80. The number of aryl methyl sites for hydroxylation is 1. The molecule has 0 saturated heterocycles. The zero-order valence-electron chi connectivity index (χ0n) is 12.9. The van der Waals surface area contributed by atoms with Gasteiger partial charge in [-0.25, -0.2) is 4.68 Å². The highest BCUT2D eigenvalue weighted by Crippen LogP contribution is 2.19. The van der Waals surface area contributed by atoms with Crippen LogP contribution in [0.15, 0.2) is 10.9 Å². The average molecular weight is 265 g/mol. The first-order valence-corrected chi connectivity index (χ1v) is 7.22. The van der Waals surface area contributed by atoms with Gasteiger partial charge in [-0.2, -0.15) is 5.10 Å². The second-order valence-corrected chi connectivity index (χ2v) is 6.01. The van der Waals surface area contributed by atoms with Gasteiger partial charge >= 0.3 is 0 Å². The van der Waals surface area contributed by atoms with Crippen LogP contribution < -0.4 is 10.9 Å². The molecule has 0 aromatic carbocycles. The molecule has 0 aliphatic rings. The minimum atomic E-state index is -0.0390. The Balaban J connectivity index is 3.13. The first-order valence-electron chi connectivity index (χ1n) is 7.22. The van der Waals surface area contributed by atoms with Crippen LogP contribution in [-0.2, 0) is 18.5 Å². The molecular weight excluding hydrogens is 238 g/mol. The largest absolute Gasteiger partial charge is 0.312 e. The summed E-state index contributed by atoms with van der Waals surface area (Å²) in [7, 11) is 0. The molecule has 1 aromatic rings. The summed E-state index contributed by atoms with van der Waals surface area (Å²) < 4.78 is 1.61. The minimum Gasteiger partial charge on any atom is -0.312 e. The minimum absolute atomic E-state index is 0.0390. The summed E-state index contributed by atoms with van der Waals surface area (Å²) in [5, 5.41) is 7.80. The molecule has 0 saturated carbocycles. The number of hydrogen-bond acceptors (Lipinski definition) is 3. The molecule has 19 heavy (non-hydrogen) atoms. The van der Waals surface area contributed by atoms with E-state index in [-0.39, 0.29) is 11.0 Å². The Kier molecular flexibility index (Phi) is 5.73. The maximum atomic E-state index is 12.3. The van der Waals surface area contributed by atoms with Crippen molar-refractivity contribution in [2.45, 2.75) is 66.0 Å². The lowest BCUT2D eigenvalue weighted by Crippen LogP contribution is -2.32. The van der Waals surface area contributed by atoms with Gasteiger partial charge < -0.3 is 5.32 Å². The van der Waals surface area contributed by atoms with Crippen LogP contribution in [0, 0.1) is 0 Å². The predicted molar refractivity (Wildman–Crippen MR) is 79.5 cm³/mol. The topological polar surface area (TPSA) is 46.9 Å². The second kappa shape index (κ2) is 6.85. The first kappa shape index (κ1) is 15.9. The van der Waals surface area contributed by atoms with E-state index in [1.807, 2.05) is 6.07 Å². The SMILES string of the molecule is CCCNCc1cc(C(C)(C)C)nn(CCC)c1=O. The average Bonchev–Trinajstić information content (AvgIpc) is 2.32. The third-order valence-electron chi connectivity index (χ3n) is 2.99. The molecule has 0 spiro atoms. The molecule has 0 unspecified atom stereocenters.